The van der Waals surface area contributed by atoms with Crippen LogP contribution in [0.3, 0.4) is 0 Å². The summed E-state index contributed by atoms with van der Waals surface area (Å²) >= 11 is 0. The molecule has 23 heavy (non-hydrogen) atoms. The summed E-state index contributed by atoms with van der Waals surface area (Å²) in [6.07, 6.45) is -2.36. The number of amides is 1. The van der Waals surface area contributed by atoms with Gasteiger partial charge in [0.05, 0.1) is 18.8 Å². The van der Waals surface area contributed by atoms with Gasteiger partial charge in [0, 0.05) is 31.5 Å². The van der Waals surface area contributed by atoms with Crippen molar-refractivity contribution in [1.82, 2.24) is 4.90 Å². The van der Waals surface area contributed by atoms with Crippen LogP contribution in [0.5, 0.6) is 0 Å². The van der Waals surface area contributed by atoms with Crippen LogP contribution in [0.4, 0.5) is 13.2 Å². The first kappa shape index (κ1) is 16.3. The number of ether oxygens (including phenoxy) is 2. The first-order valence-corrected chi connectivity index (χ1v) is 7.64. The summed E-state index contributed by atoms with van der Waals surface area (Å²) in [5.74, 6) is -0.848. The van der Waals surface area contributed by atoms with Crippen LogP contribution < -0.4 is 0 Å². The number of halogens is 3. The normalized spacial score (nSPS) is 21.4. The number of piperidine rings is 1. The second-order valence-electron chi connectivity index (χ2n) is 5.83. The molecule has 1 aromatic carbocycles. The monoisotopic (exact) mass is 329 g/mol. The molecule has 0 aromatic heterocycles. The summed E-state index contributed by atoms with van der Waals surface area (Å²) in [4.78, 5) is 14.0. The molecule has 2 aliphatic rings. The van der Waals surface area contributed by atoms with Crippen molar-refractivity contribution in [2.75, 3.05) is 26.3 Å². The number of carbonyl (C=O) groups is 1. The van der Waals surface area contributed by atoms with Crippen LogP contribution in [0.1, 0.15) is 35.2 Å². The average Bonchev–Trinajstić information content (AvgIpc) is 2.55. The van der Waals surface area contributed by atoms with Crippen LogP contribution in [0.2, 0.25) is 0 Å². The maximum Gasteiger partial charge on any atom is 0.416 e. The highest BCUT2D eigenvalue weighted by molar-refractivity contribution is 5.94. The molecule has 3 rings (SSSR count). The predicted molar refractivity (Wildman–Crippen MR) is 75.8 cm³/mol. The minimum Gasteiger partial charge on any atom is -0.350 e. The van der Waals surface area contributed by atoms with Crippen molar-refractivity contribution in [2.24, 2.45) is 0 Å². The molecule has 0 radical (unpaired) electrons. The summed E-state index contributed by atoms with van der Waals surface area (Å²) in [5.41, 5.74) is -0.491. The standard InChI is InChI=1S/C16H18F3NO3/c17-16(18,19)13-4-2-12(3-5-13)14(21)20-8-6-15(7-9-20)22-10-1-11-23-15/h2-5H,1,6-11H2. The van der Waals surface area contributed by atoms with Crippen molar-refractivity contribution >= 4 is 5.91 Å². The van der Waals surface area contributed by atoms with Gasteiger partial charge in [0.2, 0.25) is 0 Å². The van der Waals surface area contributed by atoms with E-state index in [0.29, 0.717) is 39.1 Å². The fraction of sp³-hybridized carbons (Fsp3) is 0.562. The van der Waals surface area contributed by atoms with Gasteiger partial charge in [-0.1, -0.05) is 0 Å². The molecular formula is C16H18F3NO3. The van der Waals surface area contributed by atoms with Gasteiger partial charge in [-0.05, 0) is 30.7 Å². The van der Waals surface area contributed by atoms with Gasteiger partial charge in [0.15, 0.2) is 5.79 Å². The van der Waals surface area contributed by atoms with Crippen LogP contribution in [-0.4, -0.2) is 42.9 Å². The predicted octanol–water partition coefficient (Wildman–Crippen LogP) is 3.07. The maximum atomic E-state index is 12.6. The lowest BCUT2D eigenvalue weighted by molar-refractivity contribution is -0.281. The van der Waals surface area contributed by atoms with E-state index in [9.17, 15) is 18.0 Å². The Bertz CT molecular complexity index is 555. The van der Waals surface area contributed by atoms with Gasteiger partial charge >= 0.3 is 6.18 Å². The van der Waals surface area contributed by atoms with Crippen molar-refractivity contribution in [3.05, 3.63) is 35.4 Å². The minimum atomic E-state index is -4.39. The number of carbonyl (C=O) groups excluding carboxylic acids is 1. The smallest absolute Gasteiger partial charge is 0.350 e. The van der Waals surface area contributed by atoms with Crippen LogP contribution in [-0.2, 0) is 15.7 Å². The summed E-state index contributed by atoms with van der Waals surface area (Å²) in [7, 11) is 0. The molecule has 0 atom stereocenters. The lowest BCUT2D eigenvalue weighted by Gasteiger charge is -2.43. The van der Waals surface area contributed by atoms with E-state index in [1.165, 1.54) is 12.1 Å². The van der Waals surface area contributed by atoms with Crippen LogP contribution in [0, 0.1) is 0 Å². The number of hydrogen-bond donors (Lipinski definition) is 0. The molecule has 4 nitrogen and oxygen atoms in total. The lowest BCUT2D eigenvalue weighted by atomic mass is 10.0. The van der Waals surface area contributed by atoms with E-state index in [2.05, 4.69) is 0 Å². The molecule has 1 amide bonds. The topological polar surface area (TPSA) is 38.8 Å². The van der Waals surface area contributed by atoms with E-state index < -0.39 is 17.5 Å². The van der Waals surface area contributed by atoms with Crippen molar-refractivity contribution in [3.8, 4) is 0 Å². The lowest BCUT2D eigenvalue weighted by Crippen LogP contribution is -2.51. The summed E-state index contributed by atoms with van der Waals surface area (Å²) in [6.45, 7) is 2.26. The number of rotatable bonds is 1. The van der Waals surface area contributed by atoms with E-state index >= 15 is 0 Å². The molecule has 1 spiro atoms. The Hall–Kier alpha value is -1.60. The fourth-order valence-electron chi connectivity index (χ4n) is 2.94. The summed E-state index contributed by atoms with van der Waals surface area (Å²) < 4.78 is 49.1. The Morgan fingerprint density at radius 2 is 1.61 bits per heavy atom. The zero-order valence-electron chi connectivity index (χ0n) is 12.6. The van der Waals surface area contributed by atoms with E-state index in [1.807, 2.05) is 0 Å². The summed E-state index contributed by atoms with van der Waals surface area (Å²) in [6, 6.07) is 4.32. The Balaban J connectivity index is 1.63. The van der Waals surface area contributed by atoms with Crippen LogP contribution in [0.15, 0.2) is 24.3 Å². The van der Waals surface area contributed by atoms with Crippen molar-refractivity contribution in [2.45, 2.75) is 31.2 Å². The SMILES string of the molecule is O=C(c1ccc(C(F)(F)F)cc1)N1CCC2(CC1)OCCCO2. The van der Waals surface area contributed by atoms with E-state index in [0.717, 1.165) is 18.6 Å². The number of likely N-dealkylation sites (tertiary alicyclic amines) is 1. The minimum absolute atomic E-state index is 0.260. The molecular weight excluding hydrogens is 311 g/mol. The zero-order chi connectivity index (χ0) is 16.5. The van der Waals surface area contributed by atoms with Gasteiger partial charge in [-0.25, -0.2) is 0 Å². The van der Waals surface area contributed by atoms with Crippen LogP contribution in [0.25, 0.3) is 0 Å². The number of alkyl halides is 3. The second-order valence-corrected chi connectivity index (χ2v) is 5.83. The van der Waals surface area contributed by atoms with Crippen LogP contribution >= 0.6 is 0 Å². The third-order valence-electron chi connectivity index (χ3n) is 4.29. The average molecular weight is 329 g/mol. The molecule has 0 bridgehead atoms. The largest absolute Gasteiger partial charge is 0.416 e. The molecule has 0 aliphatic carbocycles. The molecule has 7 heteroatoms. The Labute approximate surface area is 132 Å². The van der Waals surface area contributed by atoms with Gasteiger partial charge < -0.3 is 14.4 Å². The highest BCUT2D eigenvalue weighted by Gasteiger charge is 2.39. The van der Waals surface area contributed by atoms with Gasteiger partial charge in [-0.15, -0.1) is 0 Å². The highest BCUT2D eigenvalue weighted by Crippen LogP contribution is 2.32. The van der Waals surface area contributed by atoms with Crippen molar-refractivity contribution in [1.29, 1.82) is 0 Å². The second kappa shape index (κ2) is 6.13. The number of nitrogens with zero attached hydrogens (tertiary/aromatic N) is 1. The molecule has 2 heterocycles. The zero-order valence-corrected chi connectivity index (χ0v) is 12.6. The molecule has 0 saturated carbocycles. The van der Waals surface area contributed by atoms with E-state index in [1.54, 1.807) is 4.90 Å². The molecule has 0 unspecified atom stereocenters. The van der Waals surface area contributed by atoms with E-state index in [-0.39, 0.29) is 11.5 Å². The van der Waals surface area contributed by atoms with Gasteiger partial charge in [0.25, 0.3) is 5.91 Å². The Kier molecular flexibility index (Phi) is 4.33. The number of benzene rings is 1. The van der Waals surface area contributed by atoms with Gasteiger partial charge in [-0.2, -0.15) is 13.2 Å². The Morgan fingerprint density at radius 3 is 2.13 bits per heavy atom. The molecule has 2 aliphatic heterocycles. The van der Waals surface area contributed by atoms with Gasteiger partial charge in [0.1, 0.15) is 0 Å². The van der Waals surface area contributed by atoms with E-state index in [4.69, 9.17) is 9.47 Å². The molecule has 2 fully saturated rings. The van der Waals surface area contributed by atoms with Crippen molar-refractivity contribution in [3.63, 3.8) is 0 Å². The summed E-state index contributed by atoms with van der Waals surface area (Å²) in [5, 5.41) is 0. The maximum absolute atomic E-state index is 12.6. The van der Waals surface area contributed by atoms with Crippen molar-refractivity contribution < 1.29 is 27.4 Å². The highest BCUT2D eigenvalue weighted by atomic mass is 19.4. The third kappa shape index (κ3) is 3.50. The first-order chi connectivity index (χ1) is 10.9. The Morgan fingerprint density at radius 1 is 1.04 bits per heavy atom. The van der Waals surface area contributed by atoms with Gasteiger partial charge in [-0.3, -0.25) is 4.79 Å². The first-order valence-electron chi connectivity index (χ1n) is 7.64. The molecule has 2 saturated heterocycles. The fourth-order valence-corrected chi connectivity index (χ4v) is 2.94. The quantitative estimate of drug-likeness (QED) is 0.795. The molecule has 1 aromatic rings. The molecule has 126 valence electrons. The number of hydrogen-bond acceptors (Lipinski definition) is 3. The third-order valence-corrected chi connectivity index (χ3v) is 4.29. The molecule has 0 N–H and O–H groups in total.